The van der Waals surface area contributed by atoms with Gasteiger partial charge in [0.1, 0.15) is 5.69 Å². The molecule has 4 nitrogen and oxygen atoms in total. The second-order valence-electron chi connectivity index (χ2n) is 5.28. The molecule has 1 heterocycles. The van der Waals surface area contributed by atoms with Gasteiger partial charge >= 0.3 is 0 Å². The fourth-order valence-corrected chi connectivity index (χ4v) is 2.53. The lowest BCUT2D eigenvalue weighted by atomic mass is 10.2. The summed E-state index contributed by atoms with van der Waals surface area (Å²) in [4.78, 5) is 12.7. The number of benzene rings is 2. The number of hydrogen-bond acceptors (Lipinski definition) is 2. The summed E-state index contributed by atoms with van der Waals surface area (Å²) in [5, 5.41) is 7.94. The number of carbonyl (C=O) groups excluding carboxylic acids is 1. The molecule has 0 aliphatic carbocycles. The Balaban J connectivity index is 1.96. The predicted molar refractivity (Wildman–Crippen MR) is 92.4 cm³/mol. The standard InChI is InChI=1S/C18H16ClN3O/c1-12-11-17(22(21-12)14-7-4-3-5-8-14)18(23)20-16-10-6-9-15(19)13(16)2/h3-11H,1-2H3,(H,20,23). The van der Waals surface area contributed by atoms with Crippen LogP contribution in [-0.4, -0.2) is 15.7 Å². The molecule has 5 heteroatoms. The summed E-state index contributed by atoms with van der Waals surface area (Å²) in [5.74, 6) is -0.222. The highest BCUT2D eigenvalue weighted by molar-refractivity contribution is 6.31. The molecular formula is C18H16ClN3O. The third-order valence-corrected chi connectivity index (χ3v) is 3.99. The number of rotatable bonds is 3. The fraction of sp³-hybridized carbons (Fsp3) is 0.111. The van der Waals surface area contributed by atoms with E-state index in [1.807, 2.05) is 56.3 Å². The number of nitrogens with one attached hydrogen (secondary N) is 1. The van der Waals surface area contributed by atoms with Gasteiger partial charge in [-0.3, -0.25) is 4.79 Å². The average molecular weight is 326 g/mol. The number of hydrogen-bond donors (Lipinski definition) is 1. The molecule has 0 aliphatic rings. The molecule has 0 aliphatic heterocycles. The van der Waals surface area contributed by atoms with Gasteiger partial charge in [0.2, 0.25) is 0 Å². The molecule has 116 valence electrons. The number of carbonyl (C=O) groups is 1. The molecule has 0 fully saturated rings. The van der Waals surface area contributed by atoms with E-state index in [4.69, 9.17) is 11.6 Å². The second-order valence-corrected chi connectivity index (χ2v) is 5.69. The van der Waals surface area contributed by atoms with E-state index in [1.165, 1.54) is 0 Å². The van der Waals surface area contributed by atoms with Crippen molar-refractivity contribution in [3.63, 3.8) is 0 Å². The minimum Gasteiger partial charge on any atom is -0.320 e. The molecule has 23 heavy (non-hydrogen) atoms. The first-order chi connectivity index (χ1) is 11.1. The van der Waals surface area contributed by atoms with Crippen molar-refractivity contribution < 1.29 is 4.79 Å². The first-order valence-corrected chi connectivity index (χ1v) is 7.62. The number of nitrogens with zero attached hydrogens (tertiary/aromatic N) is 2. The van der Waals surface area contributed by atoms with Gasteiger partial charge < -0.3 is 5.32 Å². The van der Waals surface area contributed by atoms with E-state index in [0.717, 1.165) is 16.9 Å². The van der Waals surface area contributed by atoms with Gasteiger partial charge in [0.15, 0.2) is 0 Å². The van der Waals surface area contributed by atoms with Crippen LogP contribution in [-0.2, 0) is 0 Å². The highest BCUT2D eigenvalue weighted by atomic mass is 35.5. The molecular weight excluding hydrogens is 310 g/mol. The molecule has 1 aromatic heterocycles. The lowest BCUT2D eigenvalue weighted by Gasteiger charge is -2.11. The summed E-state index contributed by atoms with van der Waals surface area (Å²) in [6.07, 6.45) is 0. The summed E-state index contributed by atoms with van der Waals surface area (Å²) in [7, 11) is 0. The molecule has 0 unspecified atom stereocenters. The number of aryl methyl sites for hydroxylation is 1. The van der Waals surface area contributed by atoms with Crippen molar-refractivity contribution in [2.24, 2.45) is 0 Å². The Morgan fingerprint density at radius 3 is 2.57 bits per heavy atom. The van der Waals surface area contributed by atoms with Crippen molar-refractivity contribution in [3.8, 4) is 5.69 Å². The van der Waals surface area contributed by atoms with E-state index in [1.54, 1.807) is 16.8 Å². The van der Waals surface area contributed by atoms with Crippen LogP contribution >= 0.6 is 11.6 Å². The zero-order chi connectivity index (χ0) is 16.4. The maximum Gasteiger partial charge on any atom is 0.274 e. The average Bonchev–Trinajstić information content (AvgIpc) is 2.95. The summed E-state index contributed by atoms with van der Waals surface area (Å²) >= 11 is 6.11. The van der Waals surface area contributed by atoms with E-state index in [-0.39, 0.29) is 5.91 Å². The van der Waals surface area contributed by atoms with Crippen molar-refractivity contribution in [2.75, 3.05) is 5.32 Å². The smallest absolute Gasteiger partial charge is 0.274 e. The van der Waals surface area contributed by atoms with E-state index >= 15 is 0 Å². The van der Waals surface area contributed by atoms with Gasteiger partial charge in [0, 0.05) is 10.7 Å². The Hall–Kier alpha value is -2.59. The predicted octanol–water partition coefficient (Wildman–Crippen LogP) is 4.39. The quantitative estimate of drug-likeness (QED) is 0.776. The van der Waals surface area contributed by atoms with Crippen LogP contribution in [0.5, 0.6) is 0 Å². The van der Waals surface area contributed by atoms with E-state index in [0.29, 0.717) is 16.4 Å². The van der Waals surface area contributed by atoms with Gasteiger partial charge in [-0.2, -0.15) is 5.10 Å². The van der Waals surface area contributed by atoms with Crippen LogP contribution in [0.4, 0.5) is 5.69 Å². The zero-order valence-electron chi connectivity index (χ0n) is 12.9. The fourth-order valence-electron chi connectivity index (χ4n) is 2.36. The van der Waals surface area contributed by atoms with Gasteiger partial charge in [-0.25, -0.2) is 4.68 Å². The van der Waals surface area contributed by atoms with Gasteiger partial charge in [-0.05, 0) is 49.7 Å². The molecule has 1 amide bonds. The molecule has 1 N–H and O–H groups in total. The molecule has 3 rings (SSSR count). The van der Waals surface area contributed by atoms with Crippen molar-refractivity contribution in [1.82, 2.24) is 9.78 Å². The Bertz CT molecular complexity index is 856. The van der Waals surface area contributed by atoms with Crippen LogP contribution in [0.25, 0.3) is 5.69 Å². The summed E-state index contributed by atoms with van der Waals surface area (Å²) in [6.45, 7) is 3.73. The molecule has 0 saturated heterocycles. The first kappa shape index (κ1) is 15.3. The summed E-state index contributed by atoms with van der Waals surface area (Å²) in [5.41, 5.74) is 3.63. The monoisotopic (exact) mass is 325 g/mol. The van der Waals surface area contributed by atoms with Crippen molar-refractivity contribution >= 4 is 23.2 Å². The number of para-hydroxylation sites is 1. The van der Waals surface area contributed by atoms with Crippen LogP contribution in [0.2, 0.25) is 5.02 Å². The van der Waals surface area contributed by atoms with Crippen LogP contribution in [0, 0.1) is 13.8 Å². The van der Waals surface area contributed by atoms with E-state index in [9.17, 15) is 4.79 Å². The Kier molecular flexibility index (Phi) is 4.17. The van der Waals surface area contributed by atoms with Crippen LogP contribution < -0.4 is 5.32 Å². The summed E-state index contributed by atoms with van der Waals surface area (Å²) < 4.78 is 1.64. The van der Waals surface area contributed by atoms with Crippen LogP contribution in [0.15, 0.2) is 54.6 Å². The number of amides is 1. The topological polar surface area (TPSA) is 46.9 Å². The van der Waals surface area contributed by atoms with E-state index in [2.05, 4.69) is 10.4 Å². The highest BCUT2D eigenvalue weighted by Gasteiger charge is 2.16. The first-order valence-electron chi connectivity index (χ1n) is 7.25. The second kappa shape index (κ2) is 6.26. The molecule has 0 bridgehead atoms. The molecule has 2 aromatic carbocycles. The van der Waals surface area contributed by atoms with Gasteiger partial charge in [-0.1, -0.05) is 35.9 Å². The van der Waals surface area contributed by atoms with Crippen LogP contribution in [0.1, 0.15) is 21.7 Å². The maximum atomic E-state index is 12.7. The molecule has 0 radical (unpaired) electrons. The van der Waals surface area contributed by atoms with Crippen LogP contribution in [0.3, 0.4) is 0 Å². The number of aromatic nitrogens is 2. The maximum absolute atomic E-state index is 12.7. The van der Waals surface area contributed by atoms with Gasteiger partial charge in [0.25, 0.3) is 5.91 Å². The number of anilines is 1. The van der Waals surface area contributed by atoms with Crippen molar-refractivity contribution in [1.29, 1.82) is 0 Å². The highest BCUT2D eigenvalue weighted by Crippen LogP contribution is 2.24. The number of halogens is 1. The van der Waals surface area contributed by atoms with Crippen molar-refractivity contribution in [2.45, 2.75) is 13.8 Å². The molecule has 0 spiro atoms. The Labute approximate surface area is 139 Å². The SMILES string of the molecule is Cc1cc(C(=O)Nc2cccc(Cl)c2C)n(-c2ccccc2)n1. The minimum absolute atomic E-state index is 0.222. The minimum atomic E-state index is -0.222. The summed E-state index contributed by atoms with van der Waals surface area (Å²) in [6, 6.07) is 16.8. The Morgan fingerprint density at radius 1 is 1.09 bits per heavy atom. The lowest BCUT2D eigenvalue weighted by Crippen LogP contribution is -2.17. The Morgan fingerprint density at radius 2 is 1.83 bits per heavy atom. The third-order valence-electron chi connectivity index (χ3n) is 3.58. The largest absolute Gasteiger partial charge is 0.320 e. The van der Waals surface area contributed by atoms with Crippen molar-refractivity contribution in [3.05, 3.63) is 76.6 Å². The third kappa shape index (κ3) is 3.12. The molecule has 3 aromatic rings. The van der Waals surface area contributed by atoms with Gasteiger partial charge in [-0.15, -0.1) is 0 Å². The zero-order valence-corrected chi connectivity index (χ0v) is 13.6. The molecule has 0 saturated carbocycles. The van der Waals surface area contributed by atoms with Gasteiger partial charge in [0.05, 0.1) is 11.4 Å². The molecule has 0 atom stereocenters. The van der Waals surface area contributed by atoms with E-state index < -0.39 is 0 Å². The normalized spacial score (nSPS) is 10.6. The lowest BCUT2D eigenvalue weighted by molar-refractivity contribution is 0.101.